The van der Waals surface area contributed by atoms with E-state index in [2.05, 4.69) is 9.97 Å². The van der Waals surface area contributed by atoms with Crippen molar-refractivity contribution in [2.24, 2.45) is 0 Å². The highest BCUT2D eigenvalue weighted by atomic mass is 16.6. The van der Waals surface area contributed by atoms with E-state index < -0.39 is 35.1 Å². The predicted octanol–water partition coefficient (Wildman–Crippen LogP) is 5.23. The first-order chi connectivity index (χ1) is 17.0. The number of aromatic nitrogens is 3. The van der Waals surface area contributed by atoms with Crippen molar-refractivity contribution in [3.05, 3.63) is 24.7 Å². The maximum absolute atomic E-state index is 13.0. The largest absolute Gasteiger partial charge is 0.444 e. The number of imidazole rings is 1. The number of ether oxygens (including phenoxy) is 3. The minimum absolute atomic E-state index is 0.0413. The van der Waals surface area contributed by atoms with E-state index in [9.17, 15) is 14.4 Å². The van der Waals surface area contributed by atoms with Gasteiger partial charge in [-0.15, -0.1) is 0 Å². The fourth-order valence-electron chi connectivity index (χ4n) is 3.24. The Morgan fingerprint density at radius 2 is 1.32 bits per heavy atom. The summed E-state index contributed by atoms with van der Waals surface area (Å²) in [6.07, 6.45) is 1.75. The van der Waals surface area contributed by atoms with Crippen molar-refractivity contribution in [3.8, 4) is 0 Å². The number of aryl methyl sites for hydroxylation is 1. The summed E-state index contributed by atoms with van der Waals surface area (Å²) >= 11 is 0. The zero-order valence-corrected chi connectivity index (χ0v) is 23.5. The lowest BCUT2D eigenvalue weighted by molar-refractivity contribution is -0.00369. The molecule has 11 nitrogen and oxygen atoms in total. The van der Waals surface area contributed by atoms with E-state index in [4.69, 9.17) is 14.2 Å². The molecule has 0 fully saturated rings. The lowest BCUT2D eigenvalue weighted by atomic mass is 10.2. The molecule has 0 aliphatic heterocycles. The second kappa shape index (κ2) is 11.8. The number of carbonyl (C=O) groups excluding carboxylic acids is 3. The first kappa shape index (κ1) is 29.9. The molecule has 0 aromatic carbocycles. The highest BCUT2D eigenvalue weighted by Crippen LogP contribution is 2.16. The Bertz CT molecular complexity index is 1050. The van der Waals surface area contributed by atoms with Gasteiger partial charge >= 0.3 is 18.3 Å². The number of nitrogens with zero attached hydrogens (tertiary/aromatic N) is 5. The fourth-order valence-corrected chi connectivity index (χ4v) is 3.24. The molecule has 2 heterocycles. The van der Waals surface area contributed by atoms with E-state index in [0.29, 0.717) is 25.2 Å². The Kier molecular flexibility index (Phi) is 9.51. The average Bonchev–Trinajstić information content (AvgIpc) is 3.12. The van der Waals surface area contributed by atoms with Crippen molar-refractivity contribution < 1.29 is 28.6 Å². The number of amides is 3. The lowest BCUT2D eigenvalue weighted by Crippen LogP contribution is -2.48. The van der Waals surface area contributed by atoms with Crippen LogP contribution in [0.4, 0.5) is 14.4 Å². The number of hydrogen-bond donors (Lipinski definition) is 0. The van der Waals surface area contributed by atoms with Gasteiger partial charge in [0.05, 0.1) is 18.4 Å². The van der Waals surface area contributed by atoms with E-state index in [0.717, 1.165) is 10.4 Å². The van der Waals surface area contributed by atoms with Gasteiger partial charge in [-0.2, -0.15) is 0 Å². The van der Waals surface area contributed by atoms with E-state index in [1.807, 2.05) is 16.7 Å². The Morgan fingerprint density at radius 1 is 0.784 bits per heavy atom. The van der Waals surface area contributed by atoms with Gasteiger partial charge in [-0.25, -0.2) is 29.3 Å². The van der Waals surface area contributed by atoms with Crippen LogP contribution in [0.15, 0.2) is 24.7 Å². The maximum Gasteiger partial charge on any atom is 0.419 e. The van der Waals surface area contributed by atoms with Crippen LogP contribution >= 0.6 is 0 Å². The molecule has 0 radical (unpaired) electrons. The monoisotopic (exact) mass is 519 g/mol. The molecular weight excluding hydrogens is 478 g/mol. The molecule has 0 spiro atoms. The van der Waals surface area contributed by atoms with Crippen LogP contribution in [0.25, 0.3) is 11.2 Å². The fraction of sp³-hybridized carbons (Fsp3) is 0.654. The van der Waals surface area contributed by atoms with Crippen LogP contribution in [-0.2, 0) is 20.8 Å². The first-order valence-corrected chi connectivity index (χ1v) is 12.4. The van der Waals surface area contributed by atoms with Gasteiger partial charge in [0.15, 0.2) is 5.65 Å². The minimum Gasteiger partial charge on any atom is -0.444 e. The van der Waals surface area contributed by atoms with Gasteiger partial charge in [0.1, 0.15) is 16.8 Å². The summed E-state index contributed by atoms with van der Waals surface area (Å²) in [5.41, 5.74) is -0.795. The van der Waals surface area contributed by atoms with Crippen LogP contribution in [0.1, 0.15) is 68.7 Å². The number of pyridine rings is 1. The minimum atomic E-state index is -0.844. The number of hydrogen-bond acceptors (Lipinski definition) is 8. The highest BCUT2D eigenvalue weighted by Gasteiger charge is 2.32. The van der Waals surface area contributed by atoms with Crippen molar-refractivity contribution in [1.82, 2.24) is 24.3 Å². The van der Waals surface area contributed by atoms with Crippen molar-refractivity contribution in [2.75, 3.05) is 19.6 Å². The standard InChI is InChI=1S/C26H41N5O6/c1-24(2,3)35-21(32)29(14-11-15-30-18-28-20-19(30)12-10-13-27-20)16-17-31(22(33)36-25(4,5)6)23(34)37-26(7,8)9/h10,12-13,18H,11,14-17H2,1-9H3. The first-order valence-electron chi connectivity index (χ1n) is 12.4. The summed E-state index contributed by atoms with van der Waals surface area (Å²) < 4.78 is 18.4. The van der Waals surface area contributed by atoms with Gasteiger partial charge in [0.25, 0.3) is 0 Å². The molecule has 0 aliphatic carbocycles. The van der Waals surface area contributed by atoms with Gasteiger partial charge in [-0.05, 0) is 80.9 Å². The molecule has 3 amide bonds. The molecule has 0 unspecified atom stereocenters. The molecule has 0 atom stereocenters. The predicted molar refractivity (Wildman–Crippen MR) is 139 cm³/mol. The molecule has 0 saturated carbocycles. The molecule has 2 aromatic rings. The Morgan fingerprint density at radius 3 is 1.86 bits per heavy atom. The summed E-state index contributed by atoms with van der Waals surface area (Å²) in [4.78, 5) is 49.6. The maximum atomic E-state index is 13.0. The second-order valence-electron chi connectivity index (χ2n) is 11.7. The molecule has 11 heteroatoms. The van der Waals surface area contributed by atoms with Crippen molar-refractivity contribution in [3.63, 3.8) is 0 Å². The van der Waals surface area contributed by atoms with Gasteiger partial charge in [-0.1, -0.05) is 0 Å². The second-order valence-corrected chi connectivity index (χ2v) is 11.7. The van der Waals surface area contributed by atoms with Crippen LogP contribution in [0, 0.1) is 0 Å². The van der Waals surface area contributed by atoms with Gasteiger partial charge < -0.3 is 23.7 Å². The van der Waals surface area contributed by atoms with Crippen LogP contribution in [0.2, 0.25) is 0 Å². The van der Waals surface area contributed by atoms with E-state index in [1.165, 1.54) is 4.90 Å². The van der Waals surface area contributed by atoms with Crippen LogP contribution in [0.5, 0.6) is 0 Å². The third-order valence-corrected chi connectivity index (χ3v) is 4.69. The smallest absolute Gasteiger partial charge is 0.419 e. The third kappa shape index (κ3) is 10.3. The van der Waals surface area contributed by atoms with Crippen molar-refractivity contribution in [1.29, 1.82) is 0 Å². The third-order valence-electron chi connectivity index (χ3n) is 4.69. The lowest BCUT2D eigenvalue weighted by Gasteiger charge is -2.31. The molecular formula is C26H41N5O6. The van der Waals surface area contributed by atoms with Gasteiger partial charge in [-0.3, -0.25) is 0 Å². The van der Waals surface area contributed by atoms with E-state index in [1.54, 1.807) is 74.8 Å². The van der Waals surface area contributed by atoms with E-state index in [-0.39, 0.29) is 13.1 Å². The SMILES string of the molecule is CC(C)(C)OC(=O)N(CCCn1cnc2ncccc21)CCN(C(=O)OC(C)(C)C)C(=O)OC(C)(C)C. The molecule has 2 aromatic heterocycles. The van der Waals surface area contributed by atoms with Crippen LogP contribution < -0.4 is 0 Å². The van der Waals surface area contributed by atoms with Crippen LogP contribution in [0.3, 0.4) is 0 Å². The Hall–Kier alpha value is -3.37. The number of carbonyl (C=O) groups is 3. The molecule has 0 saturated heterocycles. The topological polar surface area (TPSA) is 116 Å². The summed E-state index contributed by atoms with van der Waals surface area (Å²) in [6, 6.07) is 3.77. The van der Waals surface area contributed by atoms with Crippen molar-refractivity contribution >= 4 is 29.4 Å². The van der Waals surface area contributed by atoms with Gasteiger partial charge in [0.2, 0.25) is 0 Å². The summed E-state index contributed by atoms with van der Waals surface area (Å²) in [5, 5.41) is 0. The number of fused-ring (bicyclic) bond motifs is 1. The molecule has 0 N–H and O–H groups in total. The summed E-state index contributed by atoms with van der Waals surface area (Å²) in [6.45, 7) is 16.4. The zero-order valence-electron chi connectivity index (χ0n) is 23.5. The molecule has 0 aliphatic rings. The number of imide groups is 1. The summed E-state index contributed by atoms with van der Waals surface area (Å²) in [7, 11) is 0. The Balaban J connectivity index is 2.16. The van der Waals surface area contributed by atoms with Gasteiger partial charge in [0, 0.05) is 25.8 Å². The molecule has 2 rings (SSSR count). The Labute approximate surface area is 219 Å². The van der Waals surface area contributed by atoms with E-state index >= 15 is 0 Å². The number of rotatable bonds is 7. The molecule has 37 heavy (non-hydrogen) atoms. The molecule has 0 bridgehead atoms. The van der Waals surface area contributed by atoms with Crippen LogP contribution in [-0.4, -0.2) is 79.1 Å². The quantitative estimate of drug-likeness (QED) is 0.457. The molecule has 206 valence electrons. The zero-order chi connectivity index (χ0) is 28.0. The average molecular weight is 520 g/mol. The highest BCUT2D eigenvalue weighted by molar-refractivity contribution is 5.88. The summed E-state index contributed by atoms with van der Waals surface area (Å²) in [5.74, 6) is 0. The normalized spacial score (nSPS) is 12.2. The van der Waals surface area contributed by atoms with Crippen molar-refractivity contribution in [2.45, 2.75) is 92.1 Å².